The first-order valence-electron chi connectivity index (χ1n) is 3.32. The largest absolute Gasteiger partial charge is 0.317 e. The maximum atomic E-state index is 6.62. The zero-order chi connectivity index (χ0) is 8.27. The average molecular weight is 186 g/mol. The van der Waals surface area contributed by atoms with Gasteiger partial charge in [-0.15, -0.1) is 11.3 Å². The van der Waals surface area contributed by atoms with E-state index in [9.17, 15) is 0 Å². The normalized spacial score (nSPS) is 9.55. The van der Waals surface area contributed by atoms with Crippen LogP contribution in [-0.2, 0) is 6.42 Å². The Morgan fingerprint density at radius 2 is 2.45 bits per heavy atom. The monoisotopic (exact) mass is 185 g/mol. The van der Waals surface area contributed by atoms with E-state index in [4.69, 9.17) is 18.2 Å². The number of nitrogens with zero attached hydrogens (tertiary/aromatic N) is 1. The minimum absolute atomic E-state index is 0.563. The van der Waals surface area contributed by atoms with E-state index in [1.165, 1.54) is 10.4 Å². The molecule has 0 bridgehead atoms. The number of thiophene rings is 1. The molecule has 0 fully saturated rings. The van der Waals surface area contributed by atoms with Gasteiger partial charge in [0.15, 0.2) is 0 Å². The van der Waals surface area contributed by atoms with Gasteiger partial charge in [-0.3, -0.25) is 0 Å². The quantitative estimate of drug-likeness (QED) is 0.624. The molecule has 1 aromatic rings. The molecule has 0 radical (unpaired) electrons. The third kappa shape index (κ3) is 2.21. The van der Waals surface area contributed by atoms with Crippen LogP contribution in [0.5, 0.6) is 0 Å². The minimum atomic E-state index is 0.563. The lowest BCUT2D eigenvalue weighted by Crippen LogP contribution is -1.85. The van der Waals surface area contributed by atoms with Gasteiger partial charge in [0, 0.05) is 11.3 Å². The highest BCUT2D eigenvalue weighted by molar-refractivity contribution is 7.16. The summed E-state index contributed by atoms with van der Waals surface area (Å²) >= 11 is 7.37. The molecule has 0 aromatic carbocycles. The summed E-state index contributed by atoms with van der Waals surface area (Å²) in [6, 6.07) is 1.95. The topological polar surface area (TPSA) is 4.36 Å². The first kappa shape index (κ1) is 8.58. The summed E-state index contributed by atoms with van der Waals surface area (Å²) in [5, 5.41) is 0. The van der Waals surface area contributed by atoms with Crippen molar-refractivity contribution in [3.63, 3.8) is 0 Å². The summed E-state index contributed by atoms with van der Waals surface area (Å²) in [6.07, 6.45) is 0.832. The van der Waals surface area contributed by atoms with Crippen molar-refractivity contribution in [3.8, 4) is 0 Å². The van der Waals surface area contributed by atoms with E-state index in [1.54, 1.807) is 11.3 Å². The summed E-state index contributed by atoms with van der Waals surface area (Å²) in [4.78, 5) is 4.53. The van der Waals surface area contributed by atoms with E-state index in [1.807, 2.05) is 13.0 Å². The number of halogens is 1. The molecular formula is C8H8ClNS. The standard InChI is InChI=1S/C8H8ClNS/c1-6-7(3-4-10-2)5-8(9)11-6/h5H,3-4H2,1H3. The summed E-state index contributed by atoms with van der Waals surface area (Å²) in [5.41, 5.74) is 1.22. The van der Waals surface area contributed by atoms with Gasteiger partial charge in [0.2, 0.25) is 6.54 Å². The van der Waals surface area contributed by atoms with E-state index >= 15 is 0 Å². The Hall–Kier alpha value is -0.520. The van der Waals surface area contributed by atoms with Crippen LogP contribution >= 0.6 is 22.9 Å². The van der Waals surface area contributed by atoms with Crippen molar-refractivity contribution in [2.75, 3.05) is 6.54 Å². The molecule has 0 N–H and O–H groups in total. The SMILES string of the molecule is [C-]#[N+]CCc1cc(Cl)sc1C. The fraction of sp³-hybridized carbons (Fsp3) is 0.375. The smallest absolute Gasteiger partial charge is 0.218 e. The van der Waals surface area contributed by atoms with Crippen LogP contribution in [0.15, 0.2) is 6.07 Å². The molecule has 0 saturated carbocycles. The van der Waals surface area contributed by atoms with Gasteiger partial charge in [0.05, 0.1) is 4.34 Å². The second-order valence-corrected chi connectivity index (χ2v) is 4.15. The number of hydrogen-bond acceptors (Lipinski definition) is 1. The van der Waals surface area contributed by atoms with Gasteiger partial charge >= 0.3 is 0 Å². The van der Waals surface area contributed by atoms with Crippen molar-refractivity contribution in [3.05, 3.63) is 32.3 Å². The molecular weight excluding hydrogens is 178 g/mol. The minimum Gasteiger partial charge on any atom is -0.317 e. The van der Waals surface area contributed by atoms with Crippen LogP contribution in [0.4, 0.5) is 0 Å². The fourth-order valence-corrected chi connectivity index (χ4v) is 2.17. The van der Waals surface area contributed by atoms with Crippen LogP contribution < -0.4 is 0 Å². The van der Waals surface area contributed by atoms with E-state index in [-0.39, 0.29) is 0 Å². The maximum absolute atomic E-state index is 6.62. The highest BCUT2D eigenvalue weighted by Crippen LogP contribution is 2.25. The molecule has 3 heteroatoms. The van der Waals surface area contributed by atoms with Crippen LogP contribution in [0.3, 0.4) is 0 Å². The molecule has 1 heterocycles. The summed E-state index contributed by atoms with van der Waals surface area (Å²) in [6.45, 7) is 9.23. The highest BCUT2D eigenvalue weighted by atomic mass is 35.5. The molecule has 0 spiro atoms. The van der Waals surface area contributed by atoms with Gasteiger partial charge in [-0.25, -0.2) is 6.57 Å². The first-order valence-corrected chi connectivity index (χ1v) is 4.51. The van der Waals surface area contributed by atoms with Crippen LogP contribution in [0.25, 0.3) is 4.85 Å². The highest BCUT2D eigenvalue weighted by Gasteiger charge is 2.03. The Balaban J connectivity index is 2.71. The lowest BCUT2D eigenvalue weighted by molar-refractivity contribution is 1.07. The van der Waals surface area contributed by atoms with Crippen LogP contribution in [-0.4, -0.2) is 6.54 Å². The predicted molar refractivity (Wildman–Crippen MR) is 49.2 cm³/mol. The van der Waals surface area contributed by atoms with Gasteiger partial charge in [-0.2, -0.15) is 0 Å². The molecule has 1 aromatic heterocycles. The maximum Gasteiger partial charge on any atom is 0.218 e. The fourth-order valence-electron chi connectivity index (χ4n) is 0.904. The van der Waals surface area contributed by atoms with E-state index < -0.39 is 0 Å². The molecule has 11 heavy (non-hydrogen) atoms. The zero-order valence-electron chi connectivity index (χ0n) is 6.22. The molecule has 1 nitrogen and oxygen atoms in total. The van der Waals surface area contributed by atoms with Crippen LogP contribution in [0.2, 0.25) is 4.34 Å². The molecule has 0 atom stereocenters. The Bertz CT molecular complexity index is 285. The first-order chi connectivity index (χ1) is 5.24. The van der Waals surface area contributed by atoms with Gasteiger partial charge in [0.25, 0.3) is 0 Å². The lowest BCUT2D eigenvalue weighted by atomic mass is 10.2. The van der Waals surface area contributed by atoms with Gasteiger partial charge in [-0.05, 0) is 18.6 Å². The van der Waals surface area contributed by atoms with Crippen LogP contribution in [0, 0.1) is 13.5 Å². The van der Waals surface area contributed by atoms with Crippen molar-refractivity contribution in [2.45, 2.75) is 13.3 Å². The number of rotatable bonds is 2. The molecule has 1 rings (SSSR count). The van der Waals surface area contributed by atoms with E-state index in [0.717, 1.165) is 10.8 Å². The van der Waals surface area contributed by atoms with E-state index in [0.29, 0.717) is 6.54 Å². The van der Waals surface area contributed by atoms with Crippen molar-refractivity contribution in [2.24, 2.45) is 0 Å². The molecule has 58 valence electrons. The number of aryl methyl sites for hydroxylation is 1. The molecule has 0 aliphatic carbocycles. The second kappa shape index (κ2) is 3.75. The summed E-state index contributed by atoms with van der Waals surface area (Å²) in [5.74, 6) is 0. The Kier molecular flexibility index (Phi) is 2.92. The Morgan fingerprint density at radius 3 is 2.91 bits per heavy atom. The lowest BCUT2D eigenvalue weighted by Gasteiger charge is -1.89. The Labute approximate surface area is 75.4 Å². The van der Waals surface area contributed by atoms with Crippen molar-refractivity contribution < 1.29 is 0 Å². The predicted octanol–water partition coefficient (Wildman–Crippen LogP) is 3.17. The number of hydrogen-bond donors (Lipinski definition) is 0. The van der Waals surface area contributed by atoms with Crippen molar-refractivity contribution >= 4 is 22.9 Å². The van der Waals surface area contributed by atoms with Gasteiger partial charge < -0.3 is 4.85 Å². The molecule has 0 unspecified atom stereocenters. The zero-order valence-corrected chi connectivity index (χ0v) is 7.80. The van der Waals surface area contributed by atoms with Crippen molar-refractivity contribution in [1.29, 1.82) is 0 Å². The van der Waals surface area contributed by atoms with Gasteiger partial charge in [-0.1, -0.05) is 11.6 Å². The second-order valence-electron chi connectivity index (χ2n) is 2.26. The molecule has 0 amide bonds. The van der Waals surface area contributed by atoms with Crippen molar-refractivity contribution in [1.82, 2.24) is 0 Å². The molecule has 0 aliphatic heterocycles. The molecule has 0 saturated heterocycles. The third-order valence-corrected chi connectivity index (χ3v) is 2.71. The van der Waals surface area contributed by atoms with Crippen LogP contribution in [0.1, 0.15) is 10.4 Å². The Morgan fingerprint density at radius 1 is 1.73 bits per heavy atom. The summed E-state index contributed by atoms with van der Waals surface area (Å²) < 4.78 is 0.822. The third-order valence-electron chi connectivity index (χ3n) is 1.48. The van der Waals surface area contributed by atoms with E-state index in [2.05, 4.69) is 4.85 Å². The summed E-state index contributed by atoms with van der Waals surface area (Å²) in [7, 11) is 0. The van der Waals surface area contributed by atoms with Gasteiger partial charge in [0.1, 0.15) is 0 Å². The average Bonchev–Trinajstić information content (AvgIpc) is 2.26. The molecule has 0 aliphatic rings.